The van der Waals surface area contributed by atoms with Crippen molar-refractivity contribution in [3.8, 4) is 11.1 Å². The van der Waals surface area contributed by atoms with Gasteiger partial charge in [0.25, 0.3) is 5.91 Å². The first-order valence-corrected chi connectivity index (χ1v) is 13.4. The van der Waals surface area contributed by atoms with Crippen LogP contribution in [0.5, 0.6) is 0 Å². The molecule has 2 aromatic carbocycles. The van der Waals surface area contributed by atoms with Crippen LogP contribution >= 0.6 is 0 Å². The molecule has 1 aliphatic heterocycles. The average Bonchev–Trinajstić information content (AvgIpc) is 3.28. The molecule has 0 saturated carbocycles. The molecule has 0 spiro atoms. The molecule has 3 aliphatic rings. The first-order valence-electron chi connectivity index (χ1n) is 13.4. The second-order valence-corrected chi connectivity index (χ2v) is 11.4. The van der Waals surface area contributed by atoms with Gasteiger partial charge >= 0.3 is 6.03 Å². The van der Waals surface area contributed by atoms with Crippen LogP contribution in [0.3, 0.4) is 0 Å². The monoisotopic (exact) mass is 558 g/mol. The number of H-pyrrole nitrogens is 1. The topological polar surface area (TPSA) is 129 Å². The quantitative estimate of drug-likeness (QED) is 0.406. The van der Waals surface area contributed by atoms with Crippen LogP contribution in [-0.2, 0) is 17.6 Å². The fourth-order valence-electron chi connectivity index (χ4n) is 6.28. The van der Waals surface area contributed by atoms with E-state index in [1.807, 2.05) is 0 Å². The minimum absolute atomic E-state index is 0.00619. The van der Waals surface area contributed by atoms with Gasteiger partial charge in [-0.2, -0.15) is 4.99 Å². The lowest BCUT2D eigenvalue weighted by Gasteiger charge is -2.32. The van der Waals surface area contributed by atoms with Crippen LogP contribution in [0, 0.1) is 24.6 Å². The van der Waals surface area contributed by atoms with E-state index in [0.29, 0.717) is 41.3 Å². The highest BCUT2D eigenvalue weighted by Crippen LogP contribution is 2.44. The second kappa shape index (κ2) is 9.31. The predicted molar refractivity (Wildman–Crippen MR) is 151 cm³/mol. The Balaban J connectivity index is 1.54. The molecule has 3 aromatic rings. The maximum absolute atomic E-state index is 16.0. The van der Waals surface area contributed by atoms with Crippen LogP contribution in [0.2, 0.25) is 0 Å². The number of carbonyl (C=O) groups excluding carboxylic acids is 3. The molecule has 2 atom stereocenters. The van der Waals surface area contributed by atoms with Crippen molar-refractivity contribution in [1.82, 2.24) is 4.98 Å². The van der Waals surface area contributed by atoms with Crippen LogP contribution in [0.25, 0.3) is 22.0 Å². The maximum Gasteiger partial charge on any atom is 0.355 e. The van der Waals surface area contributed by atoms with Crippen LogP contribution in [0.1, 0.15) is 47.4 Å². The average molecular weight is 559 g/mol. The SMILES string of the molecule is Cc1c(-c2c(F)cc(C(N)=O)c3[nH]c4c(c23)CC[C@@H](C(C)(C)O)C4)cccc1N1C(=O)N=C2C(F)=CC=CC2C1=O. The van der Waals surface area contributed by atoms with E-state index in [9.17, 15) is 23.9 Å². The van der Waals surface area contributed by atoms with E-state index in [-0.39, 0.29) is 28.4 Å². The van der Waals surface area contributed by atoms with Crippen molar-refractivity contribution in [1.29, 1.82) is 0 Å². The van der Waals surface area contributed by atoms with Gasteiger partial charge in [0.2, 0.25) is 5.91 Å². The molecule has 10 heteroatoms. The molecule has 0 saturated heterocycles. The Labute approximate surface area is 234 Å². The van der Waals surface area contributed by atoms with Crippen molar-refractivity contribution in [2.45, 2.75) is 45.6 Å². The number of amides is 4. The van der Waals surface area contributed by atoms with E-state index in [1.54, 1.807) is 39.0 Å². The number of aryl methyl sites for hydroxylation is 1. The van der Waals surface area contributed by atoms with Gasteiger partial charge in [-0.25, -0.2) is 18.5 Å². The zero-order chi connectivity index (χ0) is 29.4. The number of rotatable bonds is 4. The Kier molecular flexibility index (Phi) is 6.07. The highest BCUT2D eigenvalue weighted by Gasteiger charge is 2.40. The van der Waals surface area contributed by atoms with E-state index in [0.717, 1.165) is 28.3 Å². The Morgan fingerprint density at radius 2 is 2.00 bits per heavy atom. The van der Waals surface area contributed by atoms with Crippen molar-refractivity contribution >= 4 is 40.1 Å². The number of allylic oxidation sites excluding steroid dienone is 3. The Hall–Kier alpha value is -4.44. The number of nitrogens with two attached hydrogens (primary N) is 1. The fourth-order valence-corrected chi connectivity index (χ4v) is 6.28. The van der Waals surface area contributed by atoms with Gasteiger partial charge in [0.1, 0.15) is 17.6 Å². The Morgan fingerprint density at radius 3 is 2.71 bits per heavy atom. The van der Waals surface area contributed by atoms with E-state index < -0.39 is 41.0 Å². The van der Waals surface area contributed by atoms with Crippen LogP contribution < -0.4 is 10.6 Å². The van der Waals surface area contributed by atoms with Crippen LogP contribution in [0.15, 0.2) is 53.3 Å². The van der Waals surface area contributed by atoms with Crippen molar-refractivity contribution in [2.24, 2.45) is 22.6 Å². The molecule has 4 N–H and O–H groups in total. The number of anilines is 1. The number of aliphatic hydroxyl groups is 1. The molecule has 1 aromatic heterocycles. The number of primary amides is 1. The minimum atomic E-state index is -1.06. The summed E-state index contributed by atoms with van der Waals surface area (Å²) in [6.45, 7) is 5.17. The van der Waals surface area contributed by atoms with Crippen molar-refractivity contribution < 1.29 is 28.3 Å². The number of aromatic nitrogens is 1. The maximum atomic E-state index is 16.0. The number of halogens is 2. The normalized spacial score (nSPS) is 20.6. The summed E-state index contributed by atoms with van der Waals surface area (Å²) in [6.07, 6.45) is 5.71. The smallest absolute Gasteiger partial charge is 0.355 e. The first-order chi connectivity index (χ1) is 19.4. The summed E-state index contributed by atoms with van der Waals surface area (Å²) in [5, 5.41) is 11.1. The lowest BCUT2D eigenvalue weighted by molar-refractivity contribution is -0.118. The first kappa shape index (κ1) is 26.8. The predicted octanol–water partition coefficient (Wildman–Crippen LogP) is 5.20. The summed E-state index contributed by atoms with van der Waals surface area (Å²) in [6, 6.07) is 5.00. The van der Waals surface area contributed by atoms with E-state index >= 15 is 4.39 Å². The molecule has 1 unspecified atom stereocenters. The third kappa shape index (κ3) is 4.12. The van der Waals surface area contributed by atoms with E-state index in [1.165, 1.54) is 12.2 Å². The van der Waals surface area contributed by atoms with Gasteiger partial charge in [0, 0.05) is 16.6 Å². The molecular weight excluding hydrogens is 530 g/mol. The fraction of sp³-hybridized carbons (Fsp3) is 0.290. The van der Waals surface area contributed by atoms with Gasteiger partial charge in [-0.3, -0.25) is 9.59 Å². The minimum Gasteiger partial charge on any atom is -0.390 e. The number of benzene rings is 2. The van der Waals surface area contributed by atoms with Crippen LogP contribution in [-0.4, -0.2) is 39.2 Å². The molecule has 0 fully saturated rings. The molecule has 210 valence electrons. The zero-order valence-electron chi connectivity index (χ0n) is 22.7. The Bertz CT molecular complexity index is 1780. The number of hydrogen-bond acceptors (Lipinski definition) is 4. The molecule has 41 heavy (non-hydrogen) atoms. The van der Waals surface area contributed by atoms with Crippen molar-refractivity contribution in [3.05, 3.63) is 76.5 Å². The standard InChI is InChI=1S/C31H28F2N4O4/c1-14-16(6-5-9-23(14)37-29(39)18-7-4-8-20(32)26(18)36-30(37)40)24-21(33)13-19(28(34)38)27-25(24)17-11-10-15(31(2,3)41)12-22(17)35-27/h4-9,13,15,18,35,41H,10-12H2,1-3H3,(H2,34,38)/t15-,18?/m1/s1. The van der Waals surface area contributed by atoms with Gasteiger partial charge in [0.05, 0.1) is 28.1 Å². The number of fused-ring (bicyclic) bond motifs is 4. The second-order valence-electron chi connectivity index (χ2n) is 11.4. The van der Waals surface area contributed by atoms with Gasteiger partial charge in [-0.1, -0.05) is 24.3 Å². The van der Waals surface area contributed by atoms with Gasteiger partial charge in [-0.05, 0) is 80.9 Å². The molecule has 0 bridgehead atoms. The third-order valence-electron chi connectivity index (χ3n) is 8.47. The number of imide groups is 1. The number of aliphatic imine (C=N–C) groups is 1. The number of carbonyl (C=O) groups is 3. The summed E-state index contributed by atoms with van der Waals surface area (Å²) in [5.41, 5.74) is 7.75. The van der Waals surface area contributed by atoms with E-state index in [4.69, 9.17) is 5.73 Å². The summed E-state index contributed by atoms with van der Waals surface area (Å²) in [7, 11) is 0. The van der Waals surface area contributed by atoms with Crippen molar-refractivity contribution in [3.63, 3.8) is 0 Å². The van der Waals surface area contributed by atoms with Crippen LogP contribution in [0.4, 0.5) is 19.3 Å². The Morgan fingerprint density at radius 1 is 1.24 bits per heavy atom. The summed E-state index contributed by atoms with van der Waals surface area (Å²) in [4.78, 5) is 46.8. The number of nitrogens with zero attached hydrogens (tertiary/aromatic N) is 2. The van der Waals surface area contributed by atoms with Gasteiger partial charge in [-0.15, -0.1) is 0 Å². The molecular formula is C31H28F2N4O4. The van der Waals surface area contributed by atoms with Gasteiger partial charge in [0.15, 0.2) is 0 Å². The number of nitrogens with one attached hydrogen (secondary N) is 1. The molecule has 2 heterocycles. The van der Waals surface area contributed by atoms with Gasteiger partial charge < -0.3 is 15.8 Å². The summed E-state index contributed by atoms with van der Waals surface area (Å²) < 4.78 is 30.3. The third-order valence-corrected chi connectivity index (χ3v) is 8.47. The molecule has 2 aliphatic carbocycles. The highest BCUT2D eigenvalue weighted by atomic mass is 19.1. The summed E-state index contributed by atoms with van der Waals surface area (Å²) >= 11 is 0. The molecule has 4 amide bonds. The number of urea groups is 1. The highest BCUT2D eigenvalue weighted by molar-refractivity contribution is 6.31. The lowest BCUT2D eigenvalue weighted by atomic mass is 9.77. The zero-order valence-corrected chi connectivity index (χ0v) is 22.7. The molecule has 0 radical (unpaired) electrons. The van der Waals surface area contributed by atoms with E-state index in [2.05, 4.69) is 9.98 Å². The summed E-state index contributed by atoms with van der Waals surface area (Å²) in [5.74, 6) is -3.98. The molecule has 8 nitrogen and oxygen atoms in total. The molecule has 6 rings (SSSR count). The number of aromatic amines is 1. The largest absolute Gasteiger partial charge is 0.390 e. The number of hydrogen-bond donors (Lipinski definition) is 3. The lowest BCUT2D eigenvalue weighted by Crippen LogP contribution is -2.47. The van der Waals surface area contributed by atoms with Crippen molar-refractivity contribution in [2.75, 3.05) is 4.90 Å².